The highest BCUT2D eigenvalue weighted by molar-refractivity contribution is 6.31. The number of fused-ring (bicyclic) bond motifs is 2. The Balaban J connectivity index is 1.56. The maximum Gasteiger partial charge on any atom is 0.337 e. The molecule has 0 fully saturated rings. The molecule has 0 aliphatic carbocycles. The van der Waals surface area contributed by atoms with Crippen molar-refractivity contribution in [1.29, 1.82) is 0 Å². The van der Waals surface area contributed by atoms with E-state index in [0.29, 0.717) is 63.8 Å². The van der Waals surface area contributed by atoms with Gasteiger partial charge in [-0.3, -0.25) is 24.1 Å². The van der Waals surface area contributed by atoms with E-state index in [1.807, 2.05) is 31.2 Å². The normalized spacial score (nSPS) is 19.0. The maximum atomic E-state index is 13.8. The molecule has 230 valence electrons. The summed E-state index contributed by atoms with van der Waals surface area (Å²) in [4.78, 5) is 52.4. The fourth-order valence-corrected chi connectivity index (χ4v) is 5.64. The molecule has 2 bridgehead atoms. The molecular formula is C34H33ClN6O4. The number of allylic oxidation sites excluding steroid dienone is 1. The largest absolute Gasteiger partial charge is 0.465 e. The zero-order chi connectivity index (χ0) is 32.1. The first-order valence-corrected chi connectivity index (χ1v) is 14.8. The molecular weight excluding hydrogens is 592 g/mol. The van der Waals surface area contributed by atoms with E-state index in [-0.39, 0.29) is 17.4 Å². The second-order valence-electron chi connectivity index (χ2n) is 10.7. The summed E-state index contributed by atoms with van der Waals surface area (Å²) in [6.07, 6.45) is 6.34. The van der Waals surface area contributed by atoms with Gasteiger partial charge in [0.2, 0.25) is 5.91 Å². The molecule has 5 rings (SSSR count). The number of nitrogens with one attached hydrogen (secondary N) is 1. The predicted octanol–water partition coefficient (Wildman–Crippen LogP) is 5.16. The zero-order valence-electron chi connectivity index (χ0n) is 25.2. The lowest BCUT2D eigenvalue weighted by Crippen LogP contribution is -2.33. The average Bonchev–Trinajstić information content (AvgIpc) is 3.06. The number of esters is 1. The number of nitrogens with zero attached hydrogens (tertiary/aromatic N) is 4. The van der Waals surface area contributed by atoms with Crippen LogP contribution in [0, 0.1) is 5.92 Å². The van der Waals surface area contributed by atoms with Gasteiger partial charge in [-0.05, 0) is 60.4 Å². The lowest BCUT2D eigenvalue weighted by molar-refractivity contribution is -0.123. The lowest BCUT2D eigenvalue weighted by atomic mass is 9.95. The van der Waals surface area contributed by atoms with Gasteiger partial charge >= 0.3 is 5.97 Å². The molecule has 10 nitrogen and oxygen atoms in total. The number of amides is 1. The molecule has 2 aromatic carbocycles. The van der Waals surface area contributed by atoms with Crippen LogP contribution in [0.3, 0.4) is 0 Å². The van der Waals surface area contributed by atoms with Gasteiger partial charge in [0.05, 0.1) is 47.8 Å². The third kappa shape index (κ3) is 6.71. The Morgan fingerprint density at radius 3 is 2.51 bits per heavy atom. The number of hydrogen-bond acceptors (Lipinski definition) is 8. The summed E-state index contributed by atoms with van der Waals surface area (Å²) in [6.45, 7) is 1.86. The summed E-state index contributed by atoms with van der Waals surface area (Å²) in [7, 11) is 2.96. The molecule has 11 heteroatoms. The van der Waals surface area contributed by atoms with E-state index >= 15 is 0 Å². The second-order valence-corrected chi connectivity index (χ2v) is 11.2. The summed E-state index contributed by atoms with van der Waals surface area (Å²) in [5.74, 6) is -0.869. The molecule has 3 heterocycles. The Labute approximate surface area is 265 Å². The van der Waals surface area contributed by atoms with Crippen molar-refractivity contribution in [1.82, 2.24) is 19.9 Å². The maximum absolute atomic E-state index is 13.8. The Hall–Kier alpha value is -5.09. The molecule has 2 atom stereocenters. The number of rotatable bonds is 4. The number of pyridine rings is 1. The number of aromatic nitrogens is 3. The van der Waals surface area contributed by atoms with Crippen LogP contribution >= 0.6 is 11.6 Å². The Kier molecular flexibility index (Phi) is 9.53. The van der Waals surface area contributed by atoms with Gasteiger partial charge in [-0.15, -0.1) is 0 Å². The van der Waals surface area contributed by atoms with E-state index in [0.717, 1.165) is 11.1 Å². The first-order valence-electron chi connectivity index (χ1n) is 14.5. The summed E-state index contributed by atoms with van der Waals surface area (Å²) in [5, 5.41) is 3.39. The Bertz CT molecular complexity index is 1870. The molecule has 2 unspecified atom stereocenters. The van der Waals surface area contributed by atoms with Gasteiger partial charge in [0.1, 0.15) is 0 Å². The SMILES string of the molecule is CN=C1C(=CN)NC(=O)C(C)CCCC(n2cnc(-c3cc(Cl)ccc3-c3ccc(C(=O)OC)cc3)cc2=O)c2cc1ccn2. The number of carbonyl (C=O) groups excluding carboxylic acids is 2. The van der Waals surface area contributed by atoms with Crippen LogP contribution in [-0.4, -0.2) is 46.3 Å². The molecule has 1 aliphatic heterocycles. The van der Waals surface area contributed by atoms with Gasteiger partial charge in [-0.1, -0.05) is 43.1 Å². The van der Waals surface area contributed by atoms with Crippen molar-refractivity contribution in [3.8, 4) is 22.4 Å². The van der Waals surface area contributed by atoms with Crippen molar-refractivity contribution in [3.05, 3.63) is 117 Å². The van der Waals surface area contributed by atoms with Gasteiger partial charge in [-0.2, -0.15) is 0 Å². The van der Waals surface area contributed by atoms with Gasteiger partial charge in [0.25, 0.3) is 5.56 Å². The van der Waals surface area contributed by atoms with E-state index in [2.05, 4.69) is 15.3 Å². The van der Waals surface area contributed by atoms with Gasteiger partial charge in [0.15, 0.2) is 0 Å². The van der Waals surface area contributed by atoms with Crippen LogP contribution in [0.2, 0.25) is 5.02 Å². The van der Waals surface area contributed by atoms with E-state index in [9.17, 15) is 14.4 Å². The number of nitrogens with two attached hydrogens (primary N) is 1. The number of aliphatic imine (C=N–C) groups is 1. The summed E-state index contributed by atoms with van der Waals surface area (Å²) >= 11 is 6.39. The highest BCUT2D eigenvalue weighted by Crippen LogP contribution is 2.34. The fourth-order valence-electron chi connectivity index (χ4n) is 5.47. The molecule has 3 N–H and O–H groups in total. The first kappa shape index (κ1) is 31.3. The van der Waals surface area contributed by atoms with Gasteiger partial charge < -0.3 is 15.8 Å². The number of carbonyl (C=O) groups is 2. The quantitative estimate of drug-likeness (QED) is 0.299. The molecule has 0 spiro atoms. The number of ether oxygens (including phenoxy) is 1. The minimum atomic E-state index is -0.443. The standard InChI is InChI=1S/C34H33ClN6O4/c1-20-5-4-6-30(28-15-23(13-14-38-28)32(37-2)29(18-36)40-33(20)43)41-19-39-27(17-31(41)42)26-16-24(35)11-12-25(26)21-7-9-22(10-8-21)34(44)45-3/h7-20,30H,4-6,36H2,1-3H3,(H,40,43). The van der Waals surface area contributed by atoms with E-state index in [1.165, 1.54) is 25.7 Å². The minimum absolute atomic E-state index is 0.153. The smallest absolute Gasteiger partial charge is 0.337 e. The van der Waals surface area contributed by atoms with Crippen molar-refractivity contribution in [2.24, 2.45) is 16.6 Å². The molecule has 1 amide bonds. The minimum Gasteiger partial charge on any atom is -0.465 e. The molecule has 1 aliphatic rings. The molecule has 0 saturated heterocycles. The molecule has 45 heavy (non-hydrogen) atoms. The Morgan fingerprint density at radius 1 is 1.04 bits per heavy atom. The topological polar surface area (TPSA) is 142 Å². The number of methoxy groups -OCH3 is 1. The van der Waals surface area contributed by atoms with Crippen LogP contribution in [-0.2, 0) is 9.53 Å². The van der Waals surface area contributed by atoms with Crippen LogP contribution in [0.15, 0.2) is 94.9 Å². The van der Waals surface area contributed by atoms with Crippen molar-refractivity contribution < 1.29 is 14.3 Å². The van der Waals surface area contributed by atoms with Gasteiger partial charge in [0, 0.05) is 47.6 Å². The third-order valence-corrected chi connectivity index (χ3v) is 8.14. The first-order chi connectivity index (χ1) is 21.7. The van der Waals surface area contributed by atoms with E-state index in [4.69, 9.17) is 27.1 Å². The van der Waals surface area contributed by atoms with Crippen molar-refractivity contribution >= 4 is 29.2 Å². The van der Waals surface area contributed by atoms with Crippen LogP contribution in [0.5, 0.6) is 0 Å². The van der Waals surface area contributed by atoms with Crippen LogP contribution < -0.4 is 16.6 Å². The number of benzene rings is 2. The third-order valence-electron chi connectivity index (χ3n) is 7.91. The van der Waals surface area contributed by atoms with Crippen LogP contribution in [0.25, 0.3) is 22.4 Å². The lowest BCUT2D eigenvalue weighted by Gasteiger charge is -2.23. The highest BCUT2D eigenvalue weighted by atomic mass is 35.5. The molecule has 0 radical (unpaired) electrons. The molecule has 2 aromatic heterocycles. The monoisotopic (exact) mass is 624 g/mol. The van der Waals surface area contributed by atoms with Crippen molar-refractivity contribution in [2.75, 3.05) is 14.2 Å². The second kappa shape index (κ2) is 13.7. The molecule has 4 aromatic rings. The number of halogens is 1. The summed E-state index contributed by atoms with van der Waals surface area (Å²) in [5.41, 5.74) is 11.1. The van der Waals surface area contributed by atoms with Crippen molar-refractivity contribution in [3.63, 3.8) is 0 Å². The van der Waals surface area contributed by atoms with Gasteiger partial charge in [-0.25, -0.2) is 9.78 Å². The average molecular weight is 625 g/mol. The number of hydrogen-bond donors (Lipinski definition) is 2. The van der Waals surface area contributed by atoms with E-state index in [1.54, 1.807) is 48.1 Å². The van der Waals surface area contributed by atoms with Crippen LogP contribution in [0.1, 0.15) is 53.8 Å². The summed E-state index contributed by atoms with van der Waals surface area (Å²) in [6, 6.07) is 17.1. The van der Waals surface area contributed by atoms with Crippen molar-refractivity contribution in [2.45, 2.75) is 32.2 Å². The highest BCUT2D eigenvalue weighted by Gasteiger charge is 2.24. The fraction of sp³-hybridized carbons (Fsp3) is 0.235. The molecule has 0 saturated carbocycles. The zero-order valence-corrected chi connectivity index (χ0v) is 25.9. The van der Waals surface area contributed by atoms with Crippen LogP contribution in [0.4, 0.5) is 0 Å². The Morgan fingerprint density at radius 2 is 1.82 bits per heavy atom. The summed E-state index contributed by atoms with van der Waals surface area (Å²) < 4.78 is 6.38. The van der Waals surface area contributed by atoms with E-state index < -0.39 is 12.0 Å². The predicted molar refractivity (Wildman–Crippen MR) is 174 cm³/mol.